The largest absolute Gasteiger partial charge is 0.345 e. The number of carbonyl (C=O) groups excluding carboxylic acids is 1. The van der Waals surface area contributed by atoms with Gasteiger partial charge in [0.15, 0.2) is 0 Å². The quantitative estimate of drug-likeness (QED) is 0.332. The highest BCUT2D eigenvalue weighted by Crippen LogP contribution is 2.33. The normalized spacial score (nSPS) is 13.4. The number of pyridine rings is 1. The molecular weight excluding hydrogens is 450 g/mol. The van der Waals surface area contributed by atoms with E-state index < -0.39 is 0 Å². The zero-order valence-corrected chi connectivity index (χ0v) is 20.9. The van der Waals surface area contributed by atoms with Crippen molar-refractivity contribution < 1.29 is 4.79 Å². The monoisotopic (exact) mass is 483 g/mol. The summed E-state index contributed by atoms with van der Waals surface area (Å²) in [6.07, 6.45) is 7.71. The minimum absolute atomic E-state index is 0.0588. The molecule has 2 heterocycles. The SMILES string of the molecule is CCCC(CCCC(C)c1cc2c(Br)ccnc2n1C)c1ccc(C(=O)N(C)C)cc1. The molecule has 2 unspecified atom stereocenters. The molecule has 0 spiro atoms. The van der Waals surface area contributed by atoms with Crippen LogP contribution in [-0.4, -0.2) is 34.5 Å². The Kier molecular flexibility index (Phi) is 7.93. The first-order chi connectivity index (χ1) is 14.8. The van der Waals surface area contributed by atoms with E-state index in [4.69, 9.17) is 0 Å². The smallest absolute Gasteiger partial charge is 0.253 e. The lowest BCUT2D eigenvalue weighted by atomic mass is 9.87. The predicted molar refractivity (Wildman–Crippen MR) is 133 cm³/mol. The number of hydrogen-bond acceptors (Lipinski definition) is 2. The number of fused-ring (bicyclic) bond motifs is 1. The standard InChI is InChI=1S/C26H34BrN3O/c1-6-8-19(20-11-13-21(14-12-20)26(31)29(3)4)10-7-9-18(2)24-17-22-23(27)15-16-28-25(22)30(24)5/h11-19H,6-10H2,1-5H3. The fourth-order valence-electron chi connectivity index (χ4n) is 4.48. The lowest BCUT2D eigenvalue weighted by Gasteiger charge is -2.19. The summed E-state index contributed by atoms with van der Waals surface area (Å²) < 4.78 is 3.33. The topological polar surface area (TPSA) is 38.1 Å². The van der Waals surface area contributed by atoms with Crippen LogP contribution in [0.5, 0.6) is 0 Å². The number of hydrogen-bond donors (Lipinski definition) is 0. The number of benzene rings is 1. The van der Waals surface area contributed by atoms with Crippen LogP contribution in [0, 0.1) is 0 Å². The molecule has 0 saturated heterocycles. The first-order valence-electron chi connectivity index (χ1n) is 11.2. The molecule has 0 aliphatic carbocycles. The van der Waals surface area contributed by atoms with Gasteiger partial charge in [-0.1, -0.05) is 38.8 Å². The number of aryl methyl sites for hydroxylation is 1. The molecule has 0 bridgehead atoms. The Morgan fingerprint density at radius 3 is 2.45 bits per heavy atom. The molecule has 166 valence electrons. The van der Waals surface area contributed by atoms with Gasteiger partial charge in [0.2, 0.25) is 0 Å². The summed E-state index contributed by atoms with van der Waals surface area (Å²) in [5, 5.41) is 1.18. The van der Waals surface area contributed by atoms with Crippen molar-refractivity contribution in [3.8, 4) is 0 Å². The van der Waals surface area contributed by atoms with Gasteiger partial charge in [-0.3, -0.25) is 4.79 Å². The van der Waals surface area contributed by atoms with Gasteiger partial charge < -0.3 is 9.47 Å². The maximum atomic E-state index is 12.2. The molecule has 1 amide bonds. The molecule has 3 aromatic rings. The summed E-state index contributed by atoms with van der Waals surface area (Å²) >= 11 is 3.65. The summed E-state index contributed by atoms with van der Waals surface area (Å²) in [6.45, 7) is 4.57. The van der Waals surface area contributed by atoms with Gasteiger partial charge >= 0.3 is 0 Å². The molecule has 0 saturated carbocycles. The predicted octanol–water partition coefficient (Wildman–Crippen LogP) is 6.90. The fraction of sp³-hybridized carbons (Fsp3) is 0.462. The Bertz CT molecular complexity index is 1020. The Labute approximate surface area is 194 Å². The summed E-state index contributed by atoms with van der Waals surface area (Å²) in [5.74, 6) is 1.08. The zero-order valence-electron chi connectivity index (χ0n) is 19.4. The summed E-state index contributed by atoms with van der Waals surface area (Å²) in [7, 11) is 5.70. The summed E-state index contributed by atoms with van der Waals surface area (Å²) in [6, 6.07) is 12.5. The van der Waals surface area contributed by atoms with Crippen LogP contribution in [0.25, 0.3) is 11.0 Å². The highest BCUT2D eigenvalue weighted by atomic mass is 79.9. The van der Waals surface area contributed by atoms with Gasteiger partial charge in [0.05, 0.1) is 0 Å². The minimum atomic E-state index is 0.0588. The summed E-state index contributed by atoms with van der Waals surface area (Å²) in [5.41, 5.74) is 4.48. The molecule has 0 aliphatic heterocycles. The van der Waals surface area contributed by atoms with Crippen molar-refractivity contribution in [3.63, 3.8) is 0 Å². The van der Waals surface area contributed by atoms with E-state index in [0.717, 1.165) is 22.1 Å². The van der Waals surface area contributed by atoms with E-state index >= 15 is 0 Å². The van der Waals surface area contributed by atoms with Crippen molar-refractivity contribution in [3.05, 3.63) is 63.9 Å². The molecule has 5 heteroatoms. The second-order valence-electron chi connectivity index (χ2n) is 8.80. The van der Waals surface area contributed by atoms with Crippen LogP contribution in [0.3, 0.4) is 0 Å². The lowest BCUT2D eigenvalue weighted by molar-refractivity contribution is 0.0827. The minimum Gasteiger partial charge on any atom is -0.345 e. The number of aromatic nitrogens is 2. The highest BCUT2D eigenvalue weighted by Gasteiger charge is 2.17. The van der Waals surface area contributed by atoms with E-state index in [9.17, 15) is 4.79 Å². The molecule has 0 N–H and O–H groups in total. The average molecular weight is 484 g/mol. The van der Waals surface area contributed by atoms with Crippen molar-refractivity contribution in [2.45, 2.75) is 57.8 Å². The van der Waals surface area contributed by atoms with E-state index in [2.05, 4.69) is 64.6 Å². The van der Waals surface area contributed by atoms with Gasteiger partial charge in [-0.05, 0) is 76.9 Å². The van der Waals surface area contributed by atoms with E-state index in [1.807, 2.05) is 24.4 Å². The molecule has 0 fully saturated rings. The Morgan fingerprint density at radius 1 is 1.13 bits per heavy atom. The molecule has 0 radical (unpaired) electrons. The first kappa shape index (κ1) is 23.5. The Morgan fingerprint density at radius 2 is 1.84 bits per heavy atom. The number of rotatable bonds is 9. The Hall–Kier alpha value is -2.14. The maximum absolute atomic E-state index is 12.2. The zero-order chi connectivity index (χ0) is 22.5. The van der Waals surface area contributed by atoms with Crippen molar-refractivity contribution >= 4 is 32.9 Å². The molecule has 1 aromatic carbocycles. The van der Waals surface area contributed by atoms with Crippen LogP contribution in [0.15, 0.2) is 47.1 Å². The van der Waals surface area contributed by atoms with Crippen LogP contribution in [0.2, 0.25) is 0 Å². The number of halogens is 1. The van der Waals surface area contributed by atoms with Crippen LogP contribution in [-0.2, 0) is 7.05 Å². The van der Waals surface area contributed by atoms with Gasteiger partial charge in [0, 0.05) is 48.5 Å². The maximum Gasteiger partial charge on any atom is 0.253 e. The molecular formula is C26H34BrN3O. The van der Waals surface area contributed by atoms with Crippen molar-refractivity contribution in [1.82, 2.24) is 14.5 Å². The highest BCUT2D eigenvalue weighted by molar-refractivity contribution is 9.10. The van der Waals surface area contributed by atoms with Crippen LogP contribution < -0.4 is 0 Å². The molecule has 3 rings (SSSR count). The first-order valence-corrected chi connectivity index (χ1v) is 12.0. The lowest BCUT2D eigenvalue weighted by Crippen LogP contribution is -2.21. The van der Waals surface area contributed by atoms with Crippen LogP contribution in [0.1, 0.15) is 79.4 Å². The Balaban J connectivity index is 1.65. The van der Waals surface area contributed by atoms with Gasteiger partial charge in [-0.25, -0.2) is 4.98 Å². The second-order valence-corrected chi connectivity index (χ2v) is 9.65. The third-order valence-corrected chi connectivity index (χ3v) is 6.97. The van der Waals surface area contributed by atoms with Crippen molar-refractivity contribution in [2.75, 3.05) is 14.1 Å². The summed E-state index contributed by atoms with van der Waals surface area (Å²) in [4.78, 5) is 18.3. The van der Waals surface area contributed by atoms with Gasteiger partial charge in [0.25, 0.3) is 5.91 Å². The third-order valence-electron chi connectivity index (χ3n) is 6.28. The van der Waals surface area contributed by atoms with Crippen LogP contribution >= 0.6 is 15.9 Å². The van der Waals surface area contributed by atoms with E-state index in [-0.39, 0.29) is 5.91 Å². The second kappa shape index (κ2) is 10.4. The van der Waals surface area contributed by atoms with Crippen molar-refractivity contribution in [1.29, 1.82) is 0 Å². The van der Waals surface area contributed by atoms with Gasteiger partial charge in [0.1, 0.15) is 5.65 Å². The molecule has 0 aliphatic rings. The number of nitrogens with zero attached hydrogens (tertiary/aromatic N) is 3. The van der Waals surface area contributed by atoms with Crippen molar-refractivity contribution in [2.24, 2.45) is 7.05 Å². The van der Waals surface area contributed by atoms with E-state index in [1.54, 1.807) is 19.0 Å². The number of amides is 1. The average Bonchev–Trinajstić information content (AvgIpc) is 3.10. The molecule has 2 aromatic heterocycles. The molecule has 4 nitrogen and oxygen atoms in total. The van der Waals surface area contributed by atoms with Crippen LogP contribution in [0.4, 0.5) is 0 Å². The van der Waals surface area contributed by atoms with Gasteiger partial charge in [-0.15, -0.1) is 0 Å². The number of carbonyl (C=O) groups is 1. The molecule has 31 heavy (non-hydrogen) atoms. The van der Waals surface area contributed by atoms with E-state index in [0.29, 0.717) is 11.8 Å². The van der Waals surface area contributed by atoms with E-state index in [1.165, 1.54) is 42.3 Å². The molecule has 2 atom stereocenters. The third kappa shape index (κ3) is 5.38. The van der Waals surface area contributed by atoms with Gasteiger partial charge in [-0.2, -0.15) is 0 Å². The fourth-order valence-corrected chi connectivity index (χ4v) is 4.89.